The predicted molar refractivity (Wildman–Crippen MR) is 158 cm³/mol. The molecule has 210 valence electrons. The molecule has 3 aromatic rings. The van der Waals surface area contributed by atoms with E-state index < -0.39 is 11.2 Å². The molecule has 0 spiro atoms. The van der Waals surface area contributed by atoms with Crippen LogP contribution < -0.4 is 10.6 Å². The number of rotatable bonds is 10. The Morgan fingerprint density at radius 1 is 1.00 bits per heavy atom. The van der Waals surface area contributed by atoms with Gasteiger partial charge in [0.15, 0.2) is 5.78 Å². The molecule has 10 heteroatoms. The van der Waals surface area contributed by atoms with E-state index in [0.717, 1.165) is 24.7 Å². The van der Waals surface area contributed by atoms with Gasteiger partial charge in [-0.05, 0) is 30.5 Å². The van der Waals surface area contributed by atoms with Crippen molar-refractivity contribution in [2.24, 2.45) is 5.73 Å². The Bertz CT molecular complexity index is 1480. The second-order valence-corrected chi connectivity index (χ2v) is 10.8. The summed E-state index contributed by atoms with van der Waals surface area (Å²) in [5.74, 6) is -0.252. The number of nitrogens with two attached hydrogens (primary N) is 1. The fourth-order valence-electron chi connectivity index (χ4n) is 5.01. The summed E-state index contributed by atoms with van der Waals surface area (Å²) in [6, 6.07) is 20.1. The molecule has 2 aromatic carbocycles. The van der Waals surface area contributed by atoms with Crippen molar-refractivity contribution in [2.75, 3.05) is 44.2 Å². The molecule has 0 aliphatic carbocycles. The number of hydrogen-bond donors (Lipinski definition) is 2. The van der Waals surface area contributed by atoms with Crippen LogP contribution in [0.4, 0.5) is 5.82 Å². The van der Waals surface area contributed by atoms with Crippen LogP contribution >= 0.6 is 11.8 Å². The second-order valence-electron chi connectivity index (χ2n) is 9.67. The van der Waals surface area contributed by atoms with Crippen LogP contribution in [0.1, 0.15) is 56.8 Å². The van der Waals surface area contributed by atoms with E-state index >= 15 is 0 Å². The van der Waals surface area contributed by atoms with Gasteiger partial charge in [-0.2, -0.15) is 10.5 Å². The van der Waals surface area contributed by atoms with Crippen molar-refractivity contribution in [2.45, 2.75) is 30.0 Å². The van der Waals surface area contributed by atoms with E-state index in [1.807, 2.05) is 17.9 Å². The van der Waals surface area contributed by atoms with Crippen LogP contribution in [0.15, 0.2) is 59.6 Å². The number of nitrogens with zero attached hydrogens (tertiary/aromatic N) is 5. The molecule has 1 aliphatic heterocycles. The van der Waals surface area contributed by atoms with Gasteiger partial charge in [0.1, 0.15) is 28.2 Å². The zero-order valence-electron chi connectivity index (χ0n) is 22.9. The largest absolute Gasteiger partial charge is 0.395 e. The topological polar surface area (TPSA) is 147 Å². The number of carbonyl (C=O) groups excluding carboxylic acids is 2. The lowest BCUT2D eigenvalue weighted by atomic mass is 10.0. The molecule has 1 saturated heterocycles. The van der Waals surface area contributed by atoms with Crippen LogP contribution in [0.5, 0.6) is 0 Å². The first-order valence-electron chi connectivity index (χ1n) is 13.5. The molecule has 1 unspecified atom stereocenters. The number of pyridine rings is 1. The van der Waals surface area contributed by atoms with Gasteiger partial charge < -0.3 is 15.7 Å². The van der Waals surface area contributed by atoms with E-state index in [4.69, 9.17) is 10.7 Å². The average molecular weight is 569 g/mol. The van der Waals surface area contributed by atoms with E-state index in [1.165, 1.54) is 0 Å². The molecule has 41 heavy (non-hydrogen) atoms. The van der Waals surface area contributed by atoms with E-state index in [-0.39, 0.29) is 18.0 Å². The zero-order valence-corrected chi connectivity index (χ0v) is 23.7. The third-order valence-electron chi connectivity index (χ3n) is 7.13. The van der Waals surface area contributed by atoms with Gasteiger partial charge in [-0.1, -0.05) is 73.3 Å². The molecular formula is C31H32N6O3S. The van der Waals surface area contributed by atoms with Crippen molar-refractivity contribution >= 4 is 29.3 Å². The van der Waals surface area contributed by atoms with Crippen LogP contribution in [0.3, 0.4) is 0 Å². The van der Waals surface area contributed by atoms with Gasteiger partial charge in [-0.25, -0.2) is 4.98 Å². The highest BCUT2D eigenvalue weighted by Crippen LogP contribution is 2.40. The van der Waals surface area contributed by atoms with Crippen molar-refractivity contribution < 1.29 is 14.7 Å². The quantitative estimate of drug-likeness (QED) is 0.277. The van der Waals surface area contributed by atoms with Gasteiger partial charge in [0.2, 0.25) is 5.91 Å². The minimum atomic E-state index is -0.870. The Kier molecular flexibility index (Phi) is 10.1. The van der Waals surface area contributed by atoms with Crippen LogP contribution in [-0.2, 0) is 11.2 Å². The lowest BCUT2D eigenvalue weighted by molar-refractivity contribution is -0.117. The lowest BCUT2D eigenvalue weighted by Gasteiger charge is -2.26. The van der Waals surface area contributed by atoms with Gasteiger partial charge in [-0.3, -0.25) is 14.5 Å². The average Bonchev–Trinajstić information content (AvgIpc) is 3.24. The molecular weight excluding hydrogens is 536 g/mol. The van der Waals surface area contributed by atoms with E-state index in [0.29, 0.717) is 71.3 Å². The van der Waals surface area contributed by atoms with Gasteiger partial charge in [0.05, 0.1) is 17.7 Å². The smallest absolute Gasteiger partial charge is 0.235 e. The van der Waals surface area contributed by atoms with E-state index in [1.54, 1.807) is 48.5 Å². The van der Waals surface area contributed by atoms with Crippen LogP contribution in [-0.4, -0.2) is 66.0 Å². The van der Waals surface area contributed by atoms with Crippen LogP contribution in [0.25, 0.3) is 0 Å². The van der Waals surface area contributed by atoms with E-state index in [2.05, 4.69) is 17.0 Å². The fourth-order valence-corrected chi connectivity index (χ4v) is 6.07. The van der Waals surface area contributed by atoms with Gasteiger partial charge >= 0.3 is 0 Å². The molecule has 4 rings (SSSR count). The van der Waals surface area contributed by atoms with Crippen LogP contribution in [0, 0.1) is 22.7 Å². The number of aliphatic hydroxyl groups excluding tert-OH is 1. The van der Waals surface area contributed by atoms with Crippen molar-refractivity contribution in [3.63, 3.8) is 0 Å². The number of aliphatic hydroxyl groups is 1. The number of aromatic nitrogens is 1. The minimum Gasteiger partial charge on any atom is -0.395 e. The summed E-state index contributed by atoms with van der Waals surface area (Å²) < 4.78 is 0. The maximum Gasteiger partial charge on any atom is 0.235 e. The maximum absolute atomic E-state index is 12.8. The summed E-state index contributed by atoms with van der Waals surface area (Å²) in [5.41, 5.74) is 8.68. The number of β-amino-alcohol motifs (C(OH)–C–C–N with tert-alkyl or cyclic N) is 1. The summed E-state index contributed by atoms with van der Waals surface area (Å²) in [6.45, 7) is 5.34. The molecule has 1 fully saturated rings. The number of amides is 1. The Balaban J connectivity index is 1.69. The van der Waals surface area contributed by atoms with Gasteiger partial charge in [0, 0.05) is 37.3 Å². The highest BCUT2D eigenvalue weighted by atomic mass is 32.2. The molecule has 0 radical (unpaired) electrons. The first-order chi connectivity index (χ1) is 19.9. The third-order valence-corrected chi connectivity index (χ3v) is 8.39. The number of ketones is 1. The molecule has 3 N–H and O–H groups in total. The number of thioether (sulfide) groups is 1. The summed E-state index contributed by atoms with van der Waals surface area (Å²) in [6.07, 6.45) is 1.27. The SMILES string of the molecule is CCc1c(C#N)c(SC(C(N)=O)c2ccc(C(=O)c3ccccc3)cc2)nc(N2CCCN(CCO)CC2)c1C#N. The number of carbonyl (C=O) groups is 2. The normalized spacial score (nSPS) is 14.5. The monoisotopic (exact) mass is 568 g/mol. The number of anilines is 1. The fraction of sp³-hybridized carbons (Fsp3) is 0.323. The molecule has 1 aliphatic rings. The van der Waals surface area contributed by atoms with Gasteiger partial charge in [0.25, 0.3) is 0 Å². The lowest BCUT2D eigenvalue weighted by Crippen LogP contribution is -2.33. The Morgan fingerprint density at radius 3 is 2.29 bits per heavy atom. The van der Waals surface area contributed by atoms with Crippen LogP contribution in [0.2, 0.25) is 0 Å². The van der Waals surface area contributed by atoms with Crippen molar-refractivity contribution in [3.05, 3.63) is 88.0 Å². The standard InChI is InChI=1S/C31H32N6O3S/c1-2-24-25(19-32)30(37-14-6-13-36(15-16-37)17-18-38)35-31(26(24)20-33)41-28(29(34)40)23-11-9-22(10-12-23)27(39)21-7-4-3-5-8-21/h3-5,7-12,28,38H,2,6,13-18H2,1H3,(H2,34,40). The highest BCUT2D eigenvalue weighted by molar-refractivity contribution is 8.00. The highest BCUT2D eigenvalue weighted by Gasteiger charge is 2.28. The van der Waals surface area contributed by atoms with E-state index in [9.17, 15) is 25.2 Å². The molecule has 0 bridgehead atoms. The zero-order chi connectivity index (χ0) is 29.4. The van der Waals surface area contributed by atoms with Crippen molar-refractivity contribution in [1.82, 2.24) is 9.88 Å². The Labute approximate surface area is 244 Å². The number of nitriles is 2. The van der Waals surface area contributed by atoms with Crippen molar-refractivity contribution in [1.29, 1.82) is 10.5 Å². The first-order valence-corrected chi connectivity index (χ1v) is 14.4. The number of benzene rings is 2. The summed E-state index contributed by atoms with van der Waals surface area (Å²) in [7, 11) is 0. The molecule has 1 amide bonds. The number of hydrogen-bond acceptors (Lipinski definition) is 9. The Morgan fingerprint density at radius 2 is 1.68 bits per heavy atom. The predicted octanol–water partition coefficient (Wildman–Crippen LogP) is 3.44. The Hall–Kier alpha value is -4.22. The summed E-state index contributed by atoms with van der Waals surface area (Å²) in [5, 5.41) is 29.0. The minimum absolute atomic E-state index is 0.0786. The molecule has 1 aromatic heterocycles. The molecule has 2 heterocycles. The number of primary amides is 1. The maximum atomic E-state index is 12.8. The molecule has 0 saturated carbocycles. The van der Waals surface area contributed by atoms with Crippen molar-refractivity contribution in [3.8, 4) is 12.1 Å². The third kappa shape index (κ3) is 6.75. The molecule has 9 nitrogen and oxygen atoms in total. The second kappa shape index (κ2) is 13.9. The summed E-state index contributed by atoms with van der Waals surface area (Å²) in [4.78, 5) is 34.6. The first kappa shape index (κ1) is 29.8. The van der Waals surface area contributed by atoms with Gasteiger partial charge in [-0.15, -0.1) is 0 Å². The molecule has 1 atom stereocenters. The summed E-state index contributed by atoms with van der Waals surface area (Å²) >= 11 is 1.08.